The van der Waals surface area contributed by atoms with Crippen LogP contribution >= 0.6 is 11.3 Å². The third-order valence-electron chi connectivity index (χ3n) is 3.87. The Morgan fingerprint density at radius 2 is 2.36 bits per heavy atom. The van der Waals surface area contributed by atoms with Gasteiger partial charge >= 0.3 is 0 Å². The molecule has 1 atom stereocenters. The van der Waals surface area contributed by atoms with Crippen LogP contribution in [0.15, 0.2) is 17.8 Å². The number of aromatic nitrogens is 3. The van der Waals surface area contributed by atoms with Gasteiger partial charge in [-0.15, -0.1) is 11.3 Å². The molecule has 1 saturated heterocycles. The Morgan fingerprint density at radius 3 is 3.05 bits per heavy atom. The zero-order valence-corrected chi connectivity index (χ0v) is 13.8. The van der Waals surface area contributed by atoms with Crippen LogP contribution in [0.1, 0.15) is 24.1 Å². The van der Waals surface area contributed by atoms with Crippen molar-refractivity contribution in [3.8, 4) is 0 Å². The molecule has 22 heavy (non-hydrogen) atoms. The molecule has 118 valence electrons. The van der Waals surface area contributed by atoms with E-state index in [1.807, 2.05) is 30.1 Å². The summed E-state index contributed by atoms with van der Waals surface area (Å²) in [6.45, 7) is 6.20. The van der Waals surface area contributed by atoms with Gasteiger partial charge in [0.1, 0.15) is 0 Å². The van der Waals surface area contributed by atoms with Crippen LogP contribution in [0.25, 0.3) is 0 Å². The summed E-state index contributed by atoms with van der Waals surface area (Å²) in [5.74, 6) is 0.0119. The van der Waals surface area contributed by atoms with Gasteiger partial charge in [-0.25, -0.2) is 4.98 Å². The van der Waals surface area contributed by atoms with E-state index < -0.39 is 0 Å². The van der Waals surface area contributed by atoms with E-state index in [4.69, 9.17) is 0 Å². The first-order valence-corrected chi connectivity index (χ1v) is 8.43. The van der Waals surface area contributed by atoms with E-state index in [0.29, 0.717) is 17.7 Å². The van der Waals surface area contributed by atoms with Gasteiger partial charge in [-0.1, -0.05) is 0 Å². The first-order chi connectivity index (χ1) is 10.6. The average Bonchev–Trinajstić information content (AvgIpc) is 3.15. The molecule has 1 unspecified atom stereocenters. The maximum atomic E-state index is 12.2. The molecule has 1 aliphatic heterocycles. The van der Waals surface area contributed by atoms with Gasteiger partial charge in [0, 0.05) is 17.6 Å². The lowest BCUT2D eigenvalue weighted by Gasteiger charge is -2.23. The van der Waals surface area contributed by atoms with Gasteiger partial charge in [0.25, 0.3) is 0 Å². The number of nitrogens with one attached hydrogen (secondary N) is 1. The lowest BCUT2D eigenvalue weighted by Crippen LogP contribution is -2.39. The fraction of sp³-hybridized carbons (Fsp3) is 0.533. The summed E-state index contributed by atoms with van der Waals surface area (Å²) in [4.78, 5) is 18.7. The normalized spacial score (nSPS) is 18.7. The van der Waals surface area contributed by atoms with Crippen molar-refractivity contribution in [2.75, 3.05) is 18.4 Å². The highest BCUT2D eigenvalue weighted by Gasteiger charge is 2.26. The number of carbonyl (C=O) groups excluding carboxylic acids is 1. The van der Waals surface area contributed by atoms with E-state index in [2.05, 4.69) is 26.5 Å². The molecule has 0 spiro atoms. The van der Waals surface area contributed by atoms with Gasteiger partial charge in [0.05, 0.1) is 25.0 Å². The van der Waals surface area contributed by atoms with Crippen molar-refractivity contribution in [1.29, 1.82) is 0 Å². The van der Waals surface area contributed by atoms with Crippen LogP contribution < -0.4 is 5.32 Å². The summed E-state index contributed by atoms with van der Waals surface area (Å²) in [6.07, 6.45) is 6.17. The number of aryl methyl sites for hydroxylation is 2. The van der Waals surface area contributed by atoms with E-state index in [1.54, 1.807) is 0 Å². The molecule has 0 aliphatic carbocycles. The average molecular weight is 319 g/mol. The molecule has 3 heterocycles. The monoisotopic (exact) mass is 319 g/mol. The summed E-state index contributed by atoms with van der Waals surface area (Å²) in [6, 6.07) is 0.378. The number of nitrogens with zero attached hydrogens (tertiary/aromatic N) is 4. The second kappa shape index (κ2) is 6.58. The smallest absolute Gasteiger partial charge is 0.240 e. The summed E-state index contributed by atoms with van der Waals surface area (Å²) in [5.41, 5.74) is 2.11. The summed E-state index contributed by atoms with van der Waals surface area (Å²) < 4.78 is 1.97. The summed E-state index contributed by atoms with van der Waals surface area (Å²) >= 11 is 1.47. The highest BCUT2D eigenvalue weighted by atomic mass is 32.1. The Hall–Kier alpha value is -1.73. The predicted octanol–water partition coefficient (Wildman–Crippen LogP) is 2.06. The van der Waals surface area contributed by atoms with E-state index in [9.17, 15) is 4.79 Å². The fourth-order valence-electron chi connectivity index (χ4n) is 2.85. The van der Waals surface area contributed by atoms with Crippen molar-refractivity contribution >= 4 is 22.4 Å². The zero-order chi connectivity index (χ0) is 15.5. The van der Waals surface area contributed by atoms with E-state index in [-0.39, 0.29) is 5.91 Å². The highest BCUT2D eigenvalue weighted by Crippen LogP contribution is 2.19. The second-order valence-electron chi connectivity index (χ2n) is 5.85. The fourth-order valence-corrected chi connectivity index (χ4v) is 3.55. The van der Waals surface area contributed by atoms with Crippen LogP contribution in [0.3, 0.4) is 0 Å². The molecule has 0 bridgehead atoms. The van der Waals surface area contributed by atoms with Crippen molar-refractivity contribution < 1.29 is 4.79 Å². The van der Waals surface area contributed by atoms with Crippen LogP contribution in [0, 0.1) is 13.8 Å². The number of hydrogen-bond acceptors (Lipinski definition) is 5. The first-order valence-electron chi connectivity index (χ1n) is 7.55. The molecule has 6 nitrogen and oxygen atoms in total. The first kappa shape index (κ1) is 15.2. The van der Waals surface area contributed by atoms with E-state index in [1.165, 1.54) is 16.9 Å². The van der Waals surface area contributed by atoms with Gasteiger partial charge in [-0.2, -0.15) is 5.10 Å². The van der Waals surface area contributed by atoms with Crippen LogP contribution in [0.4, 0.5) is 5.13 Å². The topological polar surface area (TPSA) is 63.1 Å². The molecule has 2 aromatic rings. The SMILES string of the molecule is Cc1cnn(CC2CCCN2CC(=O)Nc2nc(C)cs2)c1. The van der Waals surface area contributed by atoms with Crippen molar-refractivity contribution in [1.82, 2.24) is 19.7 Å². The predicted molar refractivity (Wildman–Crippen MR) is 87.0 cm³/mol. The number of amides is 1. The number of thiazole rings is 1. The Balaban J connectivity index is 1.55. The third kappa shape index (κ3) is 3.72. The van der Waals surface area contributed by atoms with Crippen LogP contribution in [-0.4, -0.2) is 44.7 Å². The number of carbonyl (C=O) groups is 1. The quantitative estimate of drug-likeness (QED) is 0.916. The standard InChI is InChI=1S/C15H21N5OS/c1-11-6-16-20(7-11)8-13-4-3-5-19(13)9-14(21)18-15-17-12(2)10-22-15/h6-7,10,13H,3-5,8-9H2,1-2H3,(H,17,18,21). The molecule has 0 radical (unpaired) electrons. The third-order valence-corrected chi connectivity index (χ3v) is 4.75. The molecule has 1 aliphatic rings. The highest BCUT2D eigenvalue weighted by molar-refractivity contribution is 7.13. The summed E-state index contributed by atoms with van der Waals surface area (Å²) in [7, 11) is 0. The van der Waals surface area contributed by atoms with Crippen LogP contribution in [-0.2, 0) is 11.3 Å². The van der Waals surface area contributed by atoms with Gasteiger partial charge in [-0.3, -0.25) is 14.4 Å². The van der Waals surface area contributed by atoms with Gasteiger partial charge in [0.2, 0.25) is 5.91 Å². The van der Waals surface area contributed by atoms with Crippen LogP contribution in [0.5, 0.6) is 0 Å². The molecule has 2 aromatic heterocycles. The maximum Gasteiger partial charge on any atom is 0.240 e. The molecule has 7 heteroatoms. The van der Waals surface area contributed by atoms with Crippen molar-refractivity contribution in [2.24, 2.45) is 0 Å². The zero-order valence-electron chi connectivity index (χ0n) is 13.0. The van der Waals surface area contributed by atoms with E-state index in [0.717, 1.165) is 31.6 Å². The largest absolute Gasteiger partial charge is 0.301 e. The number of rotatable bonds is 5. The lowest BCUT2D eigenvalue weighted by atomic mass is 10.2. The number of likely N-dealkylation sites (tertiary alicyclic amines) is 1. The minimum atomic E-state index is 0.0119. The maximum absolute atomic E-state index is 12.2. The van der Waals surface area contributed by atoms with E-state index >= 15 is 0 Å². The van der Waals surface area contributed by atoms with Crippen molar-refractivity contribution in [3.63, 3.8) is 0 Å². The van der Waals surface area contributed by atoms with Gasteiger partial charge in [0.15, 0.2) is 5.13 Å². The molecular weight excluding hydrogens is 298 g/mol. The minimum Gasteiger partial charge on any atom is -0.301 e. The number of anilines is 1. The Bertz CT molecular complexity index is 650. The molecule has 1 fully saturated rings. The molecular formula is C15H21N5OS. The Kier molecular flexibility index (Phi) is 4.54. The minimum absolute atomic E-state index is 0.0119. The molecule has 1 N–H and O–H groups in total. The van der Waals surface area contributed by atoms with Gasteiger partial charge in [-0.05, 0) is 38.8 Å². The molecule has 0 aromatic carbocycles. The van der Waals surface area contributed by atoms with Gasteiger partial charge < -0.3 is 5.32 Å². The van der Waals surface area contributed by atoms with Crippen molar-refractivity contribution in [3.05, 3.63) is 29.0 Å². The van der Waals surface area contributed by atoms with Crippen LogP contribution in [0.2, 0.25) is 0 Å². The second-order valence-corrected chi connectivity index (χ2v) is 6.71. The van der Waals surface area contributed by atoms with Crippen molar-refractivity contribution in [2.45, 2.75) is 39.3 Å². The lowest BCUT2D eigenvalue weighted by molar-refractivity contribution is -0.117. The molecule has 3 rings (SSSR count). The molecule has 1 amide bonds. The number of hydrogen-bond donors (Lipinski definition) is 1. The Morgan fingerprint density at radius 1 is 1.50 bits per heavy atom. The Labute approximate surface area is 134 Å². The molecule has 0 saturated carbocycles. The summed E-state index contributed by atoms with van der Waals surface area (Å²) in [5, 5.41) is 9.85.